The van der Waals surface area contributed by atoms with E-state index in [1.807, 2.05) is 0 Å². The number of esters is 1. The van der Waals surface area contributed by atoms with Gasteiger partial charge in [0.15, 0.2) is 6.10 Å². The number of methoxy groups -OCH3 is 1. The van der Waals surface area contributed by atoms with Gasteiger partial charge in [0.25, 0.3) is 0 Å². The molecule has 5 nitrogen and oxygen atoms in total. The molecule has 0 aromatic rings. The minimum Gasteiger partial charge on any atom is -0.459 e. The quantitative estimate of drug-likeness (QED) is 0.484. The molecule has 0 fully saturated rings. The average Bonchev–Trinajstić information content (AvgIpc) is 2.13. The van der Waals surface area contributed by atoms with Crippen molar-refractivity contribution >= 4 is 12.1 Å². The standard InChI is InChI=1S/C8H12O5/c1-4-5-12-7(9)6(2)13-8(10)11-3/h4,6H,1,5H2,2-3H3. The van der Waals surface area contributed by atoms with Gasteiger partial charge >= 0.3 is 12.1 Å². The third-order valence-electron chi connectivity index (χ3n) is 1.12. The first-order chi connectivity index (χ1) is 6.11. The van der Waals surface area contributed by atoms with Crippen LogP contribution < -0.4 is 0 Å². The topological polar surface area (TPSA) is 61.8 Å². The summed E-state index contributed by atoms with van der Waals surface area (Å²) < 4.78 is 13.3. The lowest BCUT2D eigenvalue weighted by Crippen LogP contribution is -2.26. The van der Waals surface area contributed by atoms with Gasteiger partial charge in [-0.15, -0.1) is 0 Å². The highest BCUT2D eigenvalue weighted by molar-refractivity contribution is 5.77. The van der Waals surface area contributed by atoms with Crippen LogP contribution in [-0.4, -0.2) is 31.9 Å². The van der Waals surface area contributed by atoms with E-state index in [1.54, 1.807) is 0 Å². The zero-order chi connectivity index (χ0) is 10.3. The minimum absolute atomic E-state index is 0.0910. The fourth-order valence-corrected chi connectivity index (χ4v) is 0.499. The number of hydrogen-bond donors (Lipinski definition) is 0. The van der Waals surface area contributed by atoms with Gasteiger partial charge in [-0.2, -0.15) is 0 Å². The summed E-state index contributed by atoms with van der Waals surface area (Å²) in [6, 6.07) is 0. The van der Waals surface area contributed by atoms with E-state index in [2.05, 4.69) is 20.8 Å². The molecule has 0 aliphatic rings. The Labute approximate surface area is 76.3 Å². The molecule has 0 heterocycles. The fraction of sp³-hybridized carbons (Fsp3) is 0.500. The highest BCUT2D eigenvalue weighted by Gasteiger charge is 2.18. The monoisotopic (exact) mass is 188 g/mol. The molecule has 0 saturated carbocycles. The first-order valence-corrected chi connectivity index (χ1v) is 3.64. The number of hydrogen-bond acceptors (Lipinski definition) is 5. The lowest BCUT2D eigenvalue weighted by molar-refractivity contribution is -0.152. The molecule has 0 rings (SSSR count). The summed E-state index contributed by atoms with van der Waals surface area (Å²) in [4.78, 5) is 21.5. The van der Waals surface area contributed by atoms with Crippen LogP contribution in [0.15, 0.2) is 12.7 Å². The molecule has 74 valence electrons. The van der Waals surface area contributed by atoms with E-state index in [9.17, 15) is 9.59 Å². The molecule has 0 aliphatic carbocycles. The molecule has 1 unspecified atom stereocenters. The Morgan fingerprint density at radius 2 is 2.15 bits per heavy atom. The van der Waals surface area contributed by atoms with E-state index < -0.39 is 18.2 Å². The Morgan fingerprint density at radius 1 is 1.54 bits per heavy atom. The fourth-order valence-electron chi connectivity index (χ4n) is 0.499. The molecule has 0 bridgehead atoms. The summed E-state index contributed by atoms with van der Waals surface area (Å²) in [5.41, 5.74) is 0. The molecule has 5 heteroatoms. The van der Waals surface area contributed by atoms with Crippen molar-refractivity contribution in [3.63, 3.8) is 0 Å². The Hall–Kier alpha value is -1.52. The van der Waals surface area contributed by atoms with Crippen molar-refractivity contribution in [2.24, 2.45) is 0 Å². The highest BCUT2D eigenvalue weighted by Crippen LogP contribution is 1.96. The number of rotatable bonds is 4. The van der Waals surface area contributed by atoms with Crippen molar-refractivity contribution in [2.45, 2.75) is 13.0 Å². The van der Waals surface area contributed by atoms with Gasteiger partial charge in [0.05, 0.1) is 7.11 Å². The van der Waals surface area contributed by atoms with E-state index in [4.69, 9.17) is 0 Å². The second-order valence-corrected chi connectivity index (χ2v) is 2.13. The van der Waals surface area contributed by atoms with Crippen molar-refractivity contribution in [3.05, 3.63) is 12.7 Å². The van der Waals surface area contributed by atoms with Crippen LogP contribution in [0.1, 0.15) is 6.92 Å². The average molecular weight is 188 g/mol. The molecule has 0 aromatic carbocycles. The van der Waals surface area contributed by atoms with E-state index in [0.717, 1.165) is 7.11 Å². The van der Waals surface area contributed by atoms with Crippen LogP contribution in [0.25, 0.3) is 0 Å². The number of ether oxygens (including phenoxy) is 3. The third-order valence-corrected chi connectivity index (χ3v) is 1.12. The molecule has 13 heavy (non-hydrogen) atoms. The Morgan fingerprint density at radius 3 is 2.62 bits per heavy atom. The second kappa shape index (κ2) is 6.05. The number of carbonyl (C=O) groups excluding carboxylic acids is 2. The molecule has 0 aromatic heterocycles. The maximum atomic E-state index is 11.0. The van der Waals surface area contributed by atoms with Crippen LogP contribution in [0.2, 0.25) is 0 Å². The summed E-state index contributed by atoms with van der Waals surface area (Å²) in [6.45, 7) is 4.84. The molecular formula is C8H12O5. The summed E-state index contributed by atoms with van der Waals surface area (Å²) in [7, 11) is 1.16. The van der Waals surface area contributed by atoms with Crippen LogP contribution in [0.4, 0.5) is 4.79 Å². The van der Waals surface area contributed by atoms with Crippen LogP contribution >= 0.6 is 0 Å². The first kappa shape index (κ1) is 11.5. The molecular weight excluding hydrogens is 176 g/mol. The van der Waals surface area contributed by atoms with Gasteiger partial charge in [-0.05, 0) is 6.92 Å². The smallest absolute Gasteiger partial charge is 0.459 e. The van der Waals surface area contributed by atoms with Gasteiger partial charge in [0, 0.05) is 0 Å². The Balaban J connectivity index is 3.81. The van der Waals surface area contributed by atoms with Crippen molar-refractivity contribution in [1.82, 2.24) is 0 Å². The lowest BCUT2D eigenvalue weighted by Gasteiger charge is -2.10. The van der Waals surface area contributed by atoms with Crippen LogP contribution in [-0.2, 0) is 19.0 Å². The predicted octanol–water partition coefficient (Wildman–Crippen LogP) is 0.887. The van der Waals surface area contributed by atoms with Crippen LogP contribution in [0, 0.1) is 0 Å². The normalized spacial score (nSPS) is 11.2. The van der Waals surface area contributed by atoms with Gasteiger partial charge < -0.3 is 14.2 Å². The summed E-state index contributed by atoms with van der Waals surface area (Å²) in [5, 5.41) is 0. The summed E-state index contributed by atoms with van der Waals surface area (Å²) in [5.74, 6) is -0.634. The maximum absolute atomic E-state index is 11.0. The molecule has 0 N–H and O–H groups in total. The van der Waals surface area contributed by atoms with E-state index in [1.165, 1.54) is 13.0 Å². The van der Waals surface area contributed by atoms with Gasteiger partial charge in [-0.1, -0.05) is 12.7 Å². The van der Waals surface area contributed by atoms with Gasteiger partial charge in [0.1, 0.15) is 6.61 Å². The SMILES string of the molecule is C=CCOC(=O)C(C)OC(=O)OC. The van der Waals surface area contributed by atoms with Gasteiger partial charge in [0.2, 0.25) is 0 Å². The molecule has 1 atom stereocenters. The van der Waals surface area contributed by atoms with E-state index in [-0.39, 0.29) is 6.61 Å². The van der Waals surface area contributed by atoms with E-state index in [0.29, 0.717) is 0 Å². The van der Waals surface area contributed by atoms with Crippen LogP contribution in [0.5, 0.6) is 0 Å². The molecule has 0 amide bonds. The maximum Gasteiger partial charge on any atom is 0.508 e. The van der Waals surface area contributed by atoms with Crippen LogP contribution in [0.3, 0.4) is 0 Å². The van der Waals surface area contributed by atoms with Gasteiger partial charge in [-0.25, -0.2) is 9.59 Å². The molecule has 0 aliphatic heterocycles. The zero-order valence-electron chi connectivity index (χ0n) is 7.61. The third kappa shape index (κ3) is 4.84. The van der Waals surface area contributed by atoms with E-state index >= 15 is 0 Å². The summed E-state index contributed by atoms with van der Waals surface area (Å²) >= 11 is 0. The second-order valence-electron chi connectivity index (χ2n) is 2.13. The number of carbonyl (C=O) groups is 2. The largest absolute Gasteiger partial charge is 0.508 e. The van der Waals surface area contributed by atoms with Crippen molar-refractivity contribution in [2.75, 3.05) is 13.7 Å². The molecule has 0 radical (unpaired) electrons. The summed E-state index contributed by atoms with van der Waals surface area (Å²) in [6.07, 6.45) is -0.460. The molecule has 0 spiro atoms. The first-order valence-electron chi connectivity index (χ1n) is 3.64. The van der Waals surface area contributed by atoms with Crippen molar-refractivity contribution in [3.8, 4) is 0 Å². The highest BCUT2D eigenvalue weighted by atomic mass is 16.7. The van der Waals surface area contributed by atoms with Gasteiger partial charge in [-0.3, -0.25) is 0 Å². The van der Waals surface area contributed by atoms with Crippen molar-refractivity contribution < 1.29 is 23.8 Å². The predicted molar refractivity (Wildman–Crippen MR) is 44.1 cm³/mol. The van der Waals surface area contributed by atoms with Crippen molar-refractivity contribution in [1.29, 1.82) is 0 Å². The molecule has 0 saturated heterocycles. The Kier molecular flexibility index (Phi) is 5.34. The lowest BCUT2D eigenvalue weighted by atomic mass is 10.4. The Bertz CT molecular complexity index is 199. The minimum atomic E-state index is -0.965. The zero-order valence-corrected chi connectivity index (χ0v) is 7.61.